The standard InChI is InChI=1S/C30H50O2/c1-18-17-24(32)28(6)15-16-29(7)20(25(28)19(18)2)9-10-22-27(5)13-12-23(31)26(3,4)21(27)11-14-30(22,29)8/h9,18-19,21-25,31-32H,10-17H2,1-8H3. The molecular formula is C30H50O2. The summed E-state index contributed by atoms with van der Waals surface area (Å²) < 4.78 is 0. The van der Waals surface area contributed by atoms with Crippen molar-refractivity contribution in [3.8, 4) is 0 Å². The highest BCUT2D eigenvalue weighted by atomic mass is 16.3. The molecule has 0 bridgehead atoms. The molecule has 5 aliphatic carbocycles. The molecule has 4 saturated carbocycles. The minimum Gasteiger partial charge on any atom is -0.393 e. The Bertz CT molecular complexity index is 814. The molecule has 11 atom stereocenters. The van der Waals surface area contributed by atoms with Crippen LogP contribution in [0.2, 0.25) is 0 Å². The van der Waals surface area contributed by atoms with E-state index in [0.29, 0.717) is 40.4 Å². The SMILES string of the molecule is CC1CC(O)C2(C)CCC3(C)C(=CCC4C5(C)CCC(O)C(C)(C)C5CCC43C)C2C1C. The Morgan fingerprint density at radius 3 is 2.16 bits per heavy atom. The normalized spacial score (nSPS) is 59.2. The molecule has 2 heteroatoms. The molecule has 2 nitrogen and oxygen atoms in total. The molecule has 32 heavy (non-hydrogen) atoms. The summed E-state index contributed by atoms with van der Waals surface area (Å²) in [6.07, 6.45) is 11.6. The molecule has 4 fully saturated rings. The third kappa shape index (κ3) is 2.61. The number of aliphatic hydroxyl groups excluding tert-OH is 2. The smallest absolute Gasteiger partial charge is 0.0602 e. The van der Waals surface area contributed by atoms with Crippen molar-refractivity contribution in [2.45, 2.75) is 119 Å². The van der Waals surface area contributed by atoms with Gasteiger partial charge in [-0.2, -0.15) is 0 Å². The molecule has 0 radical (unpaired) electrons. The quantitative estimate of drug-likeness (QED) is 0.397. The van der Waals surface area contributed by atoms with Crippen LogP contribution in [0.1, 0.15) is 107 Å². The van der Waals surface area contributed by atoms with Crippen LogP contribution in [0.3, 0.4) is 0 Å². The summed E-state index contributed by atoms with van der Waals surface area (Å²) >= 11 is 0. The number of rotatable bonds is 0. The summed E-state index contributed by atoms with van der Waals surface area (Å²) in [5.74, 6) is 3.06. The lowest BCUT2D eigenvalue weighted by Crippen LogP contribution is -2.65. The molecule has 5 rings (SSSR count). The number of allylic oxidation sites excluding steroid dienone is 2. The predicted octanol–water partition coefficient (Wildman–Crippen LogP) is 7.00. The molecule has 5 aliphatic rings. The maximum Gasteiger partial charge on any atom is 0.0602 e. The van der Waals surface area contributed by atoms with Crippen LogP contribution in [0.5, 0.6) is 0 Å². The second-order valence-electron chi connectivity index (χ2n) is 14.7. The fourth-order valence-corrected chi connectivity index (χ4v) is 10.9. The van der Waals surface area contributed by atoms with Gasteiger partial charge in [0.2, 0.25) is 0 Å². The van der Waals surface area contributed by atoms with Crippen molar-refractivity contribution in [1.29, 1.82) is 0 Å². The maximum atomic E-state index is 11.2. The summed E-state index contributed by atoms with van der Waals surface area (Å²) in [6.45, 7) is 19.8. The van der Waals surface area contributed by atoms with Crippen LogP contribution >= 0.6 is 0 Å². The number of hydrogen-bond acceptors (Lipinski definition) is 2. The third-order valence-electron chi connectivity index (χ3n) is 13.5. The van der Waals surface area contributed by atoms with E-state index in [9.17, 15) is 10.2 Å². The predicted molar refractivity (Wildman–Crippen MR) is 132 cm³/mol. The van der Waals surface area contributed by atoms with Gasteiger partial charge >= 0.3 is 0 Å². The van der Waals surface area contributed by atoms with Crippen molar-refractivity contribution in [1.82, 2.24) is 0 Å². The number of fused-ring (bicyclic) bond motifs is 7. The van der Waals surface area contributed by atoms with E-state index in [0.717, 1.165) is 19.3 Å². The molecule has 0 saturated heterocycles. The summed E-state index contributed by atoms with van der Waals surface area (Å²) in [5.41, 5.74) is 2.64. The van der Waals surface area contributed by atoms with E-state index < -0.39 is 0 Å². The van der Waals surface area contributed by atoms with Crippen molar-refractivity contribution in [3.05, 3.63) is 11.6 Å². The Morgan fingerprint density at radius 2 is 1.47 bits per heavy atom. The molecule has 0 aromatic carbocycles. The van der Waals surface area contributed by atoms with Gasteiger partial charge in [0.1, 0.15) is 0 Å². The topological polar surface area (TPSA) is 40.5 Å². The summed E-state index contributed by atoms with van der Waals surface area (Å²) in [4.78, 5) is 0. The van der Waals surface area contributed by atoms with Crippen molar-refractivity contribution in [3.63, 3.8) is 0 Å². The van der Waals surface area contributed by atoms with Crippen LogP contribution in [0.15, 0.2) is 11.6 Å². The molecule has 2 N–H and O–H groups in total. The molecule has 0 spiro atoms. The minimum atomic E-state index is -0.163. The second-order valence-corrected chi connectivity index (χ2v) is 14.7. The van der Waals surface area contributed by atoms with Crippen LogP contribution in [0.4, 0.5) is 0 Å². The van der Waals surface area contributed by atoms with Gasteiger partial charge in [-0.15, -0.1) is 0 Å². The van der Waals surface area contributed by atoms with Gasteiger partial charge in [0, 0.05) is 5.41 Å². The van der Waals surface area contributed by atoms with E-state index in [4.69, 9.17) is 0 Å². The molecule has 0 amide bonds. The van der Waals surface area contributed by atoms with Gasteiger partial charge in [0.05, 0.1) is 12.2 Å². The van der Waals surface area contributed by atoms with Crippen molar-refractivity contribution >= 4 is 0 Å². The highest BCUT2D eigenvalue weighted by Crippen LogP contribution is 2.75. The fourth-order valence-electron chi connectivity index (χ4n) is 10.9. The van der Waals surface area contributed by atoms with E-state index in [2.05, 4.69) is 61.5 Å². The lowest BCUT2D eigenvalue weighted by molar-refractivity contribution is -0.208. The zero-order chi connectivity index (χ0) is 23.5. The van der Waals surface area contributed by atoms with Crippen LogP contribution in [-0.4, -0.2) is 22.4 Å². The monoisotopic (exact) mass is 442 g/mol. The van der Waals surface area contributed by atoms with Gasteiger partial charge in [-0.3, -0.25) is 0 Å². The van der Waals surface area contributed by atoms with E-state index in [1.54, 1.807) is 5.57 Å². The first-order chi connectivity index (χ1) is 14.7. The zero-order valence-electron chi connectivity index (χ0n) is 22.2. The van der Waals surface area contributed by atoms with Crippen molar-refractivity contribution in [2.24, 2.45) is 56.7 Å². The van der Waals surface area contributed by atoms with Crippen molar-refractivity contribution < 1.29 is 10.2 Å². The Labute approximate surface area is 197 Å². The van der Waals surface area contributed by atoms with E-state index in [-0.39, 0.29) is 28.5 Å². The molecular weight excluding hydrogens is 392 g/mol. The zero-order valence-corrected chi connectivity index (χ0v) is 22.2. The summed E-state index contributed by atoms with van der Waals surface area (Å²) in [5, 5.41) is 22.1. The van der Waals surface area contributed by atoms with Crippen LogP contribution in [-0.2, 0) is 0 Å². The number of aliphatic hydroxyl groups is 2. The highest BCUT2D eigenvalue weighted by molar-refractivity contribution is 5.34. The molecule has 182 valence electrons. The highest BCUT2D eigenvalue weighted by Gasteiger charge is 2.68. The lowest BCUT2D eigenvalue weighted by Gasteiger charge is -2.71. The average Bonchev–Trinajstić information content (AvgIpc) is 2.71. The van der Waals surface area contributed by atoms with Gasteiger partial charge in [0.25, 0.3) is 0 Å². The summed E-state index contributed by atoms with van der Waals surface area (Å²) in [6, 6.07) is 0. The first kappa shape index (κ1) is 23.4. The molecule has 0 aromatic rings. The van der Waals surface area contributed by atoms with Crippen LogP contribution in [0, 0.1) is 56.7 Å². The van der Waals surface area contributed by atoms with Gasteiger partial charge in [-0.1, -0.05) is 67.0 Å². The maximum absolute atomic E-state index is 11.2. The second kappa shape index (κ2) is 6.87. The first-order valence-electron chi connectivity index (χ1n) is 13.8. The number of hydrogen-bond donors (Lipinski definition) is 2. The molecule has 0 aliphatic heterocycles. The third-order valence-corrected chi connectivity index (χ3v) is 13.5. The van der Waals surface area contributed by atoms with Crippen molar-refractivity contribution in [2.75, 3.05) is 0 Å². The van der Waals surface area contributed by atoms with E-state index in [1.165, 1.54) is 32.1 Å². The minimum absolute atomic E-state index is 0.0157. The van der Waals surface area contributed by atoms with E-state index in [1.807, 2.05) is 0 Å². The molecule has 0 heterocycles. The van der Waals surface area contributed by atoms with Gasteiger partial charge < -0.3 is 10.2 Å². The van der Waals surface area contributed by atoms with Gasteiger partial charge in [-0.05, 0) is 103 Å². The van der Waals surface area contributed by atoms with Crippen LogP contribution < -0.4 is 0 Å². The lowest BCUT2D eigenvalue weighted by atomic mass is 9.33. The van der Waals surface area contributed by atoms with Gasteiger partial charge in [0.15, 0.2) is 0 Å². The fraction of sp³-hybridized carbons (Fsp3) is 0.933. The van der Waals surface area contributed by atoms with Gasteiger partial charge in [-0.25, -0.2) is 0 Å². The van der Waals surface area contributed by atoms with E-state index >= 15 is 0 Å². The average molecular weight is 443 g/mol. The Hall–Kier alpha value is -0.340. The Morgan fingerprint density at radius 1 is 0.781 bits per heavy atom. The largest absolute Gasteiger partial charge is 0.393 e. The summed E-state index contributed by atoms with van der Waals surface area (Å²) in [7, 11) is 0. The van der Waals surface area contributed by atoms with Crippen LogP contribution in [0.25, 0.3) is 0 Å². The molecule has 11 unspecified atom stereocenters. The first-order valence-corrected chi connectivity index (χ1v) is 13.8. The molecule has 0 aromatic heterocycles. The Balaban J connectivity index is 1.60. The Kier molecular flexibility index (Phi) is 5.02.